The lowest BCUT2D eigenvalue weighted by molar-refractivity contribution is 0.576. The summed E-state index contributed by atoms with van der Waals surface area (Å²) in [6.07, 6.45) is 1.61. The number of furan rings is 1. The SMILES string of the molecule is Cc1nc(-c2ccco2)nn1C. The van der Waals surface area contributed by atoms with Crippen LogP contribution < -0.4 is 0 Å². The normalized spacial score (nSPS) is 10.5. The Balaban J connectivity index is 2.48. The summed E-state index contributed by atoms with van der Waals surface area (Å²) in [5, 5.41) is 4.16. The number of aryl methyl sites for hydroxylation is 2. The molecular formula is C8H9N3O. The van der Waals surface area contributed by atoms with Crippen molar-refractivity contribution in [1.29, 1.82) is 0 Å². The highest BCUT2D eigenvalue weighted by molar-refractivity contribution is 5.45. The van der Waals surface area contributed by atoms with Crippen LogP contribution in [0.1, 0.15) is 5.82 Å². The van der Waals surface area contributed by atoms with Crippen molar-refractivity contribution in [2.45, 2.75) is 6.92 Å². The van der Waals surface area contributed by atoms with E-state index in [0.717, 1.165) is 5.82 Å². The molecule has 0 atom stereocenters. The van der Waals surface area contributed by atoms with E-state index >= 15 is 0 Å². The Morgan fingerprint density at radius 2 is 2.33 bits per heavy atom. The van der Waals surface area contributed by atoms with Crippen LogP contribution in [0.5, 0.6) is 0 Å². The molecule has 0 bridgehead atoms. The molecule has 0 aliphatic rings. The minimum atomic E-state index is 0.639. The van der Waals surface area contributed by atoms with Crippen LogP contribution in [0.4, 0.5) is 0 Å². The molecule has 0 amide bonds. The van der Waals surface area contributed by atoms with Gasteiger partial charge in [0.2, 0.25) is 5.82 Å². The highest BCUT2D eigenvalue weighted by Gasteiger charge is 2.07. The molecule has 4 heteroatoms. The van der Waals surface area contributed by atoms with E-state index < -0.39 is 0 Å². The van der Waals surface area contributed by atoms with E-state index in [4.69, 9.17) is 4.42 Å². The summed E-state index contributed by atoms with van der Waals surface area (Å²) in [4.78, 5) is 4.21. The van der Waals surface area contributed by atoms with Crippen LogP contribution >= 0.6 is 0 Å². The third-order valence-corrected chi connectivity index (χ3v) is 1.72. The number of aromatic nitrogens is 3. The fourth-order valence-electron chi connectivity index (χ4n) is 0.973. The van der Waals surface area contributed by atoms with Gasteiger partial charge in [-0.1, -0.05) is 0 Å². The molecule has 2 rings (SSSR count). The molecule has 0 fully saturated rings. The lowest BCUT2D eigenvalue weighted by Gasteiger charge is -1.85. The smallest absolute Gasteiger partial charge is 0.217 e. The molecule has 0 aliphatic carbocycles. The van der Waals surface area contributed by atoms with Gasteiger partial charge in [-0.2, -0.15) is 0 Å². The first-order chi connectivity index (χ1) is 5.77. The summed E-state index contributed by atoms with van der Waals surface area (Å²) >= 11 is 0. The monoisotopic (exact) mass is 163 g/mol. The van der Waals surface area contributed by atoms with Crippen LogP contribution in [0.3, 0.4) is 0 Å². The first kappa shape index (κ1) is 7.09. The minimum absolute atomic E-state index is 0.639. The average Bonchev–Trinajstić information content (AvgIpc) is 2.61. The van der Waals surface area contributed by atoms with Crippen molar-refractivity contribution in [2.24, 2.45) is 7.05 Å². The van der Waals surface area contributed by atoms with Crippen molar-refractivity contribution in [2.75, 3.05) is 0 Å². The fraction of sp³-hybridized carbons (Fsp3) is 0.250. The van der Waals surface area contributed by atoms with Crippen molar-refractivity contribution in [3.8, 4) is 11.6 Å². The van der Waals surface area contributed by atoms with Gasteiger partial charge in [0.15, 0.2) is 5.76 Å². The zero-order valence-corrected chi connectivity index (χ0v) is 6.98. The quantitative estimate of drug-likeness (QED) is 0.638. The lowest BCUT2D eigenvalue weighted by Crippen LogP contribution is -1.92. The van der Waals surface area contributed by atoms with Crippen molar-refractivity contribution in [1.82, 2.24) is 14.8 Å². The van der Waals surface area contributed by atoms with Crippen molar-refractivity contribution in [3.05, 3.63) is 24.2 Å². The van der Waals surface area contributed by atoms with Crippen LogP contribution in [0.15, 0.2) is 22.8 Å². The number of nitrogens with zero attached hydrogens (tertiary/aromatic N) is 3. The van der Waals surface area contributed by atoms with E-state index in [1.165, 1.54) is 0 Å². The molecule has 0 spiro atoms. The maximum atomic E-state index is 5.15. The highest BCUT2D eigenvalue weighted by atomic mass is 16.3. The predicted octanol–water partition coefficient (Wildman–Crippen LogP) is 1.38. The van der Waals surface area contributed by atoms with E-state index in [2.05, 4.69) is 10.1 Å². The standard InChI is InChI=1S/C8H9N3O/c1-6-9-8(10-11(6)2)7-4-3-5-12-7/h3-5H,1-2H3. The molecule has 0 aromatic carbocycles. The molecule has 0 saturated heterocycles. The number of hydrogen-bond acceptors (Lipinski definition) is 3. The van der Waals surface area contributed by atoms with Gasteiger partial charge in [-0.25, -0.2) is 4.98 Å². The summed E-state index contributed by atoms with van der Waals surface area (Å²) in [5.41, 5.74) is 0. The lowest BCUT2D eigenvalue weighted by atomic mass is 10.4. The van der Waals surface area contributed by atoms with Crippen molar-refractivity contribution < 1.29 is 4.42 Å². The van der Waals surface area contributed by atoms with Gasteiger partial charge in [-0.3, -0.25) is 4.68 Å². The van der Waals surface area contributed by atoms with Gasteiger partial charge in [-0.15, -0.1) is 5.10 Å². The molecule has 0 unspecified atom stereocenters. The molecule has 62 valence electrons. The molecular weight excluding hydrogens is 154 g/mol. The Bertz CT molecular complexity index is 355. The summed E-state index contributed by atoms with van der Waals surface area (Å²) in [5.74, 6) is 2.22. The predicted molar refractivity (Wildman–Crippen MR) is 43.4 cm³/mol. The van der Waals surface area contributed by atoms with Gasteiger partial charge in [0.1, 0.15) is 5.82 Å². The second kappa shape index (κ2) is 2.48. The summed E-state index contributed by atoms with van der Waals surface area (Å²) < 4.78 is 6.87. The van der Waals surface area contributed by atoms with Gasteiger partial charge >= 0.3 is 0 Å². The Hall–Kier alpha value is -1.58. The fourth-order valence-corrected chi connectivity index (χ4v) is 0.973. The van der Waals surface area contributed by atoms with Crippen LogP contribution in [-0.2, 0) is 7.05 Å². The summed E-state index contributed by atoms with van der Waals surface area (Å²) in [6, 6.07) is 3.66. The average molecular weight is 163 g/mol. The van der Waals surface area contributed by atoms with E-state index in [1.807, 2.05) is 26.1 Å². The van der Waals surface area contributed by atoms with E-state index in [9.17, 15) is 0 Å². The Kier molecular flexibility index (Phi) is 1.46. The molecule has 2 aromatic rings. The molecule has 0 aliphatic heterocycles. The molecule has 4 nitrogen and oxygen atoms in total. The van der Waals surface area contributed by atoms with E-state index in [1.54, 1.807) is 10.9 Å². The van der Waals surface area contributed by atoms with Crippen LogP contribution in [0.2, 0.25) is 0 Å². The second-order valence-electron chi connectivity index (χ2n) is 2.58. The zero-order chi connectivity index (χ0) is 8.55. The van der Waals surface area contributed by atoms with Crippen molar-refractivity contribution in [3.63, 3.8) is 0 Å². The Morgan fingerprint density at radius 3 is 2.83 bits per heavy atom. The van der Waals surface area contributed by atoms with Crippen LogP contribution in [0, 0.1) is 6.92 Å². The molecule has 12 heavy (non-hydrogen) atoms. The third-order valence-electron chi connectivity index (χ3n) is 1.72. The molecule has 2 aromatic heterocycles. The maximum absolute atomic E-state index is 5.15. The first-order valence-corrected chi connectivity index (χ1v) is 3.69. The Labute approximate surface area is 69.8 Å². The van der Waals surface area contributed by atoms with Crippen LogP contribution in [0.25, 0.3) is 11.6 Å². The molecule has 0 radical (unpaired) electrons. The van der Waals surface area contributed by atoms with Gasteiger partial charge in [0.25, 0.3) is 0 Å². The van der Waals surface area contributed by atoms with Gasteiger partial charge in [0, 0.05) is 7.05 Å². The number of rotatable bonds is 1. The minimum Gasteiger partial charge on any atom is -0.461 e. The summed E-state index contributed by atoms with van der Waals surface area (Å²) in [6.45, 7) is 1.90. The van der Waals surface area contributed by atoms with Gasteiger partial charge in [0.05, 0.1) is 6.26 Å². The summed E-state index contributed by atoms with van der Waals surface area (Å²) in [7, 11) is 1.86. The van der Waals surface area contributed by atoms with Crippen LogP contribution in [-0.4, -0.2) is 14.8 Å². The molecule has 2 heterocycles. The van der Waals surface area contributed by atoms with E-state index in [-0.39, 0.29) is 0 Å². The highest BCUT2D eigenvalue weighted by Crippen LogP contribution is 2.14. The van der Waals surface area contributed by atoms with Gasteiger partial charge < -0.3 is 4.42 Å². The van der Waals surface area contributed by atoms with Gasteiger partial charge in [-0.05, 0) is 19.1 Å². The number of hydrogen-bond donors (Lipinski definition) is 0. The molecule has 0 N–H and O–H groups in total. The topological polar surface area (TPSA) is 43.9 Å². The van der Waals surface area contributed by atoms with E-state index in [0.29, 0.717) is 11.6 Å². The van der Waals surface area contributed by atoms with Crippen molar-refractivity contribution >= 4 is 0 Å². The molecule has 0 saturated carbocycles. The first-order valence-electron chi connectivity index (χ1n) is 3.69. The second-order valence-corrected chi connectivity index (χ2v) is 2.58. The zero-order valence-electron chi connectivity index (χ0n) is 6.98. The Morgan fingerprint density at radius 1 is 1.50 bits per heavy atom. The maximum Gasteiger partial charge on any atom is 0.217 e. The third kappa shape index (κ3) is 1.01. The largest absolute Gasteiger partial charge is 0.461 e.